The lowest BCUT2D eigenvalue weighted by Crippen LogP contribution is -2.43. The van der Waals surface area contributed by atoms with Crippen LogP contribution in [0.2, 0.25) is 0 Å². The molecule has 0 bridgehead atoms. The van der Waals surface area contributed by atoms with E-state index in [2.05, 4.69) is 5.32 Å². The molecule has 0 saturated heterocycles. The standard InChI is InChI=1S/C15H22N2O2/c16-14(9-11-4-2-1-3-5-11)15(19)17-10-12-6-7-13(18)8-12/h1-5,12-14,18H,6-10,16H2,(H,17,19)/t12?,13?,14-/m1/s1. The predicted molar refractivity (Wildman–Crippen MR) is 74.5 cm³/mol. The smallest absolute Gasteiger partial charge is 0.237 e. The first-order valence-electron chi connectivity index (χ1n) is 6.90. The lowest BCUT2D eigenvalue weighted by atomic mass is 10.1. The van der Waals surface area contributed by atoms with Gasteiger partial charge in [0.1, 0.15) is 0 Å². The van der Waals surface area contributed by atoms with Crippen molar-refractivity contribution in [2.75, 3.05) is 6.54 Å². The van der Waals surface area contributed by atoms with Crippen molar-refractivity contribution in [2.45, 2.75) is 37.8 Å². The summed E-state index contributed by atoms with van der Waals surface area (Å²) >= 11 is 0. The third-order valence-corrected chi connectivity index (χ3v) is 3.71. The van der Waals surface area contributed by atoms with Crippen LogP contribution in [-0.2, 0) is 11.2 Å². The second kappa shape index (κ2) is 6.68. The highest BCUT2D eigenvalue weighted by molar-refractivity contribution is 5.81. The Kier molecular flexibility index (Phi) is 4.93. The molecule has 19 heavy (non-hydrogen) atoms. The highest BCUT2D eigenvalue weighted by Crippen LogP contribution is 2.24. The summed E-state index contributed by atoms with van der Waals surface area (Å²) in [6.45, 7) is 0.623. The van der Waals surface area contributed by atoms with Crippen molar-refractivity contribution >= 4 is 5.91 Å². The summed E-state index contributed by atoms with van der Waals surface area (Å²) in [5.41, 5.74) is 6.97. The molecular weight excluding hydrogens is 240 g/mol. The van der Waals surface area contributed by atoms with Crippen molar-refractivity contribution in [3.05, 3.63) is 35.9 Å². The van der Waals surface area contributed by atoms with E-state index in [0.717, 1.165) is 24.8 Å². The molecule has 3 atom stereocenters. The molecule has 0 aromatic heterocycles. The van der Waals surface area contributed by atoms with E-state index >= 15 is 0 Å². The largest absolute Gasteiger partial charge is 0.393 e. The summed E-state index contributed by atoms with van der Waals surface area (Å²) in [5, 5.41) is 12.3. The fourth-order valence-electron chi connectivity index (χ4n) is 2.57. The Balaban J connectivity index is 1.73. The molecule has 1 aliphatic rings. The number of amides is 1. The molecule has 4 N–H and O–H groups in total. The summed E-state index contributed by atoms with van der Waals surface area (Å²) in [6, 6.07) is 9.27. The minimum absolute atomic E-state index is 0.106. The lowest BCUT2D eigenvalue weighted by Gasteiger charge is -2.15. The zero-order valence-corrected chi connectivity index (χ0v) is 11.1. The third-order valence-electron chi connectivity index (χ3n) is 3.71. The topological polar surface area (TPSA) is 75.4 Å². The molecule has 0 heterocycles. The van der Waals surface area contributed by atoms with E-state index in [-0.39, 0.29) is 12.0 Å². The highest BCUT2D eigenvalue weighted by Gasteiger charge is 2.23. The zero-order chi connectivity index (χ0) is 13.7. The van der Waals surface area contributed by atoms with E-state index in [1.165, 1.54) is 0 Å². The van der Waals surface area contributed by atoms with Crippen molar-refractivity contribution in [1.82, 2.24) is 5.32 Å². The molecule has 0 spiro atoms. The number of aliphatic hydroxyl groups is 1. The average molecular weight is 262 g/mol. The van der Waals surface area contributed by atoms with Crippen LogP contribution in [0, 0.1) is 5.92 Å². The van der Waals surface area contributed by atoms with Gasteiger partial charge in [0.15, 0.2) is 0 Å². The van der Waals surface area contributed by atoms with Gasteiger partial charge in [0.2, 0.25) is 5.91 Å². The average Bonchev–Trinajstić information content (AvgIpc) is 2.83. The van der Waals surface area contributed by atoms with E-state index < -0.39 is 6.04 Å². The van der Waals surface area contributed by atoms with E-state index in [1.807, 2.05) is 30.3 Å². The number of aliphatic hydroxyl groups excluding tert-OH is 1. The number of rotatable bonds is 5. The molecule has 0 aliphatic heterocycles. The fraction of sp³-hybridized carbons (Fsp3) is 0.533. The van der Waals surface area contributed by atoms with Crippen LogP contribution >= 0.6 is 0 Å². The Morgan fingerprint density at radius 1 is 1.37 bits per heavy atom. The first kappa shape index (κ1) is 14.0. The van der Waals surface area contributed by atoms with Crippen LogP contribution in [-0.4, -0.2) is 29.7 Å². The quantitative estimate of drug-likeness (QED) is 0.736. The lowest BCUT2D eigenvalue weighted by molar-refractivity contribution is -0.122. The Bertz CT molecular complexity index is 408. The summed E-state index contributed by atoms with van der Waals surface area (Å²) in [6.07, 6.45) is 2.97. The van der Waals surface area contributed by atoms with Crippen molar-refractivity contribution in [3.8, 4) is 0 Å². The van der Waals surface area contributed by atoms with E-state index in [4.69, 9.17) is 5.73 Å². The maximum absolute atomic E-state index is 11.9. The van der Waals surface area contributed by atoms with Gasteiger partial charge >= 0.3 is 0 Å². The molecule has 104 valence electrons. The van der Waals surface area contributed by atoms with Crippen LogP contribution < -0.4 is 11.1 Å². The first-order valence-corrected chi connectivity index (χ1v) is 6.90. The van der Waals surface area contributed by atoms with E-state index in [9.17, 15) is 9.90 Å². The molecular formula is C15H22N2O2. The van der Waals surface area contributed by atoms with Crippen LogP contribution in [0.1, 0.15) is 24.8 Å². The van der Waals surface area contributed by atoms with Crippen LogP contribution in [0.25, 0.3) is 0 Å². The number of nitrogens with two attached hydrogens (primary N) is 1. The maximum Gasteiger partial charge on any atom is 0.237 e. The van der Waals surface area contributed by atoms with Crippen molar-refractivity contribution in [3.63, 3.8) is 0 Å². The molecule has 4 nitrogen and oxygen atoms in total. The third kappa shape index (κ3) is 4.33. The molecule has 4 heteroatoms. The van der Waals surface area contributed by atoms with Gasteiger partial charge in [-0.3, -0.25) is 4.79 Å². The molecule has 2 rings (SSSR count). The van der Waals surface area contributed by atoms with Crippen molar-refractivity contribution < 1.29 is 9.90 Å². The number of nitrogens with one attached hydrogen (secondary N) is 1. The minimum Gasteiger partial charge on any atom is -0.393 e. The second-order valence-corrected chi connectivity index (χ2v) is 5.37. The summed E-state index contributed by atoms with van der Waals surface area (Å²) in [7, 11) is 0. The molecule has 1 amide bonds. The summed E-state index contributed by atoms with van der Waals surface area (Å²) in [4.78, 5) is 11.9. The minimum atomic E-state index is -0.506. The molecule has 1 aromatic rings. The van der Waals surface area contributed by atoms with Crippen LogP contribution in [0.15, 0.2) is 30.3 Å². The fourth-order valence-corrected chi connectivity index (χ4v) is 2.57. The van der Waals surface area contributed by atoms with Gasteiger partial charge in [-0.2, -0.15) is 0 Å². The van der Waals surface area contributed by atoms with Gasteiger partial charge < -0.3 is 16.2 Å². The molecule has 1 fully saturated rings. The van der Waals surface area contributed by atoms with Gasteiger partial charge in [0, 0.05) is 6.54 Å². The Morgan fingerprint density at radius 2 is 2.11 bits per heavy atom. The van der Waals surface area contributed by atoms with E-state index in [0.29, 0.717) is 18.9 Å². The second-order valence-electron chi connectivity index (χ2n) is 5.37. The number of carbonyl (C=O) groups excluding carboxylic acids is 1. The van der Waals surface area contributed by atoms with Gasteiger partial charge in [-0.15, -0.1) is 0 Å². The van der Waals surface area contributed by atoms with Gasteiger partial charge in [-0.1, -0.05) is 30.3 Å². The maximum atomic E-state index is 11.9. The Hall–Kier alpha value is -1.39. The summed E-state index contributed by atoms with van der Waals surface area (Å²) < 4.78 is 0. The van der Waals surface area contributed by atoms with Gasteiger partial charge in [0.25, 0.3) is 0 Å². The zero-order valence-electron chi connectivity index (χ0n) is 11.1. The molecule has 1 saturated carbocycles. The van der Waals surface area contributed by atoms with Gasteiger partial charge in [0.05, 0.1) is 12.1 Å². The number of benzene rings is 1. The monoisotopic (exact) mass is 262 g/mol. The molecule has 1 aromatic carbocycles. The number of hydrogen-bond donors (Lipinski definition) is 3. The van der Waals surface area contributed by atoms with Crippen LogP contribution in [0.4, 0.5) is 0 Å². The Labute approximate surface area is 114 Å². The number of hydrogen-bond acceptors (Lipinski definition) is 3. The highest BCUT2D eigenvalue weighted by atomic mass is 16.3. The first-order chi connectivity index (χ1) is 9.15. The Morgan fingerprint density at radius 3 is 2.74 bits per heavy atom. The van der Waals surface area contributed by atoms with Gasteiger partial charge in [-0.05, 0) is 37.2 Å². The summed E-state index contributed by atoms with van der Waals surface area (Å²) in [5.74, 6) is 0.285. The molecule has 0 radical (unpaired) electrons. The van der Waals surface area contributed by atoms with Crippen LogP contribution in [0.5, 0.6) is 0 Å². The normalized spacial score (nSPS) is 24.1. The van der Waals surface area contributed by atoms with E-state index in [1.54, 1.807) is 0 Å². The van der Waals surface area contributed by atoms with Crippen molar-refractivity contribution in [1.29, 1.82) is 0 Å². The number of carbonyl (C=O) groups is 1. The SMILES string of the molecule is N[C@H](Cc1ccccc1)C(=O)NCC1CCC(O)C1. The van der Waals surface area contributed by atoms with Crippen LogP contribution in [0.3, 0.4) is 0 Å². The van der Waals surface area contributed by atoms with Gasteiger partial charge in [-0.25, -0.2) is 0 Å². The molecule has 2 unspecified atom stereocenters. The predicted octanol–water partition coefficient (Wildman–Crippen LogP) is 0.834. The molecule has 1 aliphatic carbocycles. The van der Waals surface area contributed by atoms with Crippen molar-refractivity contribution in [2.24, 2.45) is 11.7 Å².